The van der Waals surface area contributed by atoms with E-state index in [-0.39, 0.29) is 5.56 Å². The monoisotopic (exact) mass is 277 g/mol. The van der Waals surface area contributed by atoms with Gasteiger partial charge in [0.15, 0.2) is 0 Å². The van der Waals surface area contributed by atoms with Crippen molar-refractivity contribution in [2.24, 2.45) is 7.05 Å². The largest absolute Gasteiger partial charge is 0.478 e. The number of aryl methyl sites for hydroxylation is 2. The predicted octanol–water partition coefficient (Wildman–Crippen LogP) is 2.43. The molecule has 20 heavy (non-hydrogen) atoms. The summed E-state index contributed by atoms with van der Waals surface area (Å²) >= 11 is 0. The van der Waals surface area contributed by atoms with Crippen molar-refractivity contribution in [3.05, 3.63) is 47.0 Å². The summed E-state index contributed by atoms with van der Waals surface area (Å²) in [7, 11) is 1.84. The van der Waals surface area contributed by atoms with Crippen LogP contribution in [0.5, 0.6) is 0 Å². The van der Waals surface area contributed by atoms with Crippen LogP contribution in [0.1, 0.15) is 28.5 Å². The maximum absolute atomic E-state index is 13.1. The van der Waals surface area contributed by atoms with E-state index in [0.717, 1.165) is 23.7 Å². The summed E-state index contributed by atoms with van der Waals surface area (Å²) in [5, 5.41) is 16.4. The van der Waals surface area contributed by atoms with Crippen LogP contribution in [0.4, 0.5) is 10.1 Å². The van der Waals surface area contributed by atoms with Crippen molar-refractivity contribution >= 4 is 11.7 Å². The van der Waals surface area contributed by atoms with Gasteiger partial charge in [0.2, 0.25) is 0 Å². The van der Waals surface area contributed by atoms with Crippen molar-refractivity contribution in [1.82, 2.24) is 9.78 Å². The highest BCUT2D eigenvalue weighted by Gasteiger charge is 2.12. The minimum Gasteiger partial charge on any atom is -0.478 e. The van der Waals surface area contributed by atoms with Crippen molar-refractivity contribution in [2.75, 3.05) is 5.32 Å². The Labute approximate surface area is 116 Å². The fourth-order valence-corrected chi connectivity index (χ4v) is 2.07. The normalized spacial score (nSPS) is 10.6. The molecule has 0 atom stereocenters. The fourth-order valence-electron chi connectivity index (χ4n) is 2.07. The number of hydrogen-bond donors (Lipinski definition) is 2. The summed E-state index contributed by atoms with van der Waals surface area (Å²) in [6, 6.07) is 3.67. The molecular formula is C14H16FN3O2. The Kier molecular flexibility index (Phi) is 4.02. The van der Waals surface area contributed by atoms with Crippen molar-refractivity contribution < 1.29 is 14.3 Å². The van der Waals surface area contributed by atoms with Crippen LogP contribution < -0.4 is 5.32 Å². The Morgan fingerprint density at radius 3 is 2.90 bits per heavy atom. The molecule has 0 aliphatic carbocycles. The molecule has 2 N–H and O–H groups in total. The van der Waals surface area contributed by atoms with Gasteiger partial charge in [0.1, 0.15) is 5.82 Å². The number of aromatic nitrogens is 2. The third kappa shape index (κ3) is 2.96. The molecule has 0 unspecified atom stereocenters. The number of halogens is 1. The van der Waals surface area contributed by atoms with Crippen molar-refractivity contribution in [2.45, 2.75) is 19.9 Å². The lowest BCUT2D eigenvalue weighted by Gasteiger charge is -2.09. The second kappa shape index (κ2) is 5.73. The first-order valence-corrected chi connectivity index (χ1v) is 6.29. The van der Waals surface area contributed by atoms with Gasteiger partial charge in [-0.25, -0.2) is 9.18 Å². The van der Waals surface area contributed by atoms with E-state index in [1.807, 2.05) is 20.2 Å². The van der Waals surface area contributed by atoms with Crippen LogP contribution in [0, 0.1) is 5.82 Å². The Hall–Kier alpha value is -2.37. The van der Waals surface area contributed by atoms with Crippen LogP contribution in [0.3, 0.4) is 0 Å². The standard InChI is InChI=1S/C14H16FN3O2/c1-3-12-9(8-18(2)17-12)7-16-13-5-4-10(15)6-11(13)14(19)20/h4-6,8,16H,3,7H2,1-2H3,(H,19,20). The number of carboxylic acid groups (broad SMARTS) is 1. The molecule has 0 saturated carbocycles. The van der Waals surface area contributed by atoms with Crippen LogP contribution >= 0.6 is 0 Å². The molecule has 0 bridgehead atoms. The molecule has 1 heterocycles. The average molecular weight is 277 g/mol. The Morgan fingerprint density at radius 2 is 2.25 bits per heavy atom. The van der Waals surface area contributed by atoms with Crippen LogP contribution in [-0.2, 0) is 20.0 Å². The number of hydrogen-bond acceptors (Lipinski definition) is 3. The van der Waals surface area contributed by atoms with Crippen LogP contribution in [0.15, 0.2) is 24.4 Å². The number of carbonyl (C=O) groups is 1. The Balaban J connectivity index is 2.20. The summed E-state index contributed by atoms with van der Waals surface area (Å²) in [4.78, 5) is 11.1. The van der Waals surface area contributed by atoms with Gasteiger partial charge in [0, 0.05) is 31.0 Å². The number of aromatic carboxylic acids is 1. The molecule has 0 saturated heterocycles. The van der Waals surface area contributed by atoms with Gasteiger partial charge in [-0.3, -0.25) is 4.68 Å². The van der Waals surface area contributed by atoms with Crippen LogP contribution in [-0.4, -0.2) is 20.9 Å². The highest BCUT2D eigenvalue weighted by molar-refractivity contribution is 5.94. The van der Waals surface area contributed by atoms with Gasteiger partial charge in [-0.1, -0.05) is 6.92 Å². The number of rotatable bonds is 5. The topological polar surface area (TPSA) is 67.2 Å². The number of benzene rings is 1. The molecule has 6 heteroatoms. The number of carboxylic acids is 1. The SMILES string of the molecule is CCc1nn(C)cc1CNc1ccc(F)cc1C(=O)O. The second-order valence-corrected chi connectivity index (χ2v) is 4.48. The molecule has 0 aliphatic heterocycles. The third-order valence-corrected chi connectivity index (χ3v) is 3.01. The maximum Gasteiger partial charge on any atom is 0.337 e. The lowest BCUT2D eigenvalue weighted by atomic mass is 10.1. The number of anilines is 1. The molecule has 0 aliphatic rings. The van der Waals surface area contributed by atoms with E-state index in [1.165, 1.54) is 12.1 Å². The molecule has 1 aromatic carbocycles. The van der Waals surface area contributed by atoms with Gasteiger partial charge < -0.3 is 10.4 Å². The third-order valence-electron chi connectivity index (χ3n) is 3.01. The molecule has 2 rings (SSSR count). The van der Waals surface area contributed by atoms with E-state index >= 15 is 0 Å². The van der Waals surface area contributed by atoms with E-state index in [4.69, 9.17) is 5.11 Å². The quantitative estimate of drug-likeness (QED) is 0.880. The van der Waals surface area contributed by atoms with Crippen LogP contribution in [0.2, 0.25) is 0 Å². The molecule has 0 fully saturated rings. The van der Waals surface area contributed by atoms with E-state index in [0.29, 0.717) is 12.2 Å². The lowest BCUT2D eigenvalue weighted by Crippen LogP contribution is -2.07. The molecule has 5 nitrogen and oxygen atoms in total. The summed E-state index contributed by atoms with van der Waals surface area (Å²) in [6.07, 6.45) is 2.68. The lowest BCUT2D eigenvalue weighted by molar-refractivity contribution is 0.0697. The van der Waals surface area contributed by atoms with Gasteiger partial charge in [0.25, 0.3) is 0 Å². The summed E-state index contributed by atoms with van der Waals surface area (Å²) in [5.41, 5.74) is 2.27. The van der Waals surface area contributed by atoms with E-state index < -0.39 is 11.8 Å². The first-order chi connectivity index (χ1) is 9.51. The van der Waals surface area contributed by atoms with Gasteiger partial charge >= 0.3 is 5.97 Å². The van der Waals surface area contributed by atoms with Gasteiger partial charge in [-0.2, -0.15) is 5.10 Å². The predicted molar refractivity (Wildman–Crippen MR) is 73.3 cm³/mol. The Morgan fingerprint density at radius 1 is 1.50 bits per heavy atom. The number of nitrogens with zero attached hydrogens (tertiary/aromatic N) is 2. The van der Waals surface area contributed by atoms with Gasteiger partial charge in [-0.05, 0) is 24.6 Å². The smallest absolute Gasteiger partial charge is 0.337 e. The second-order valence-electron chi connectivity index (χ2n) is 4.48. The minimum absolute atomic E-state index is 0.0769. The summed E-state index contributed by atoms with van der Waals surface area (Å²) in [5.74, 6) is -1.72. The average Bonchev–Trinajstić information content (AvgIpc) is 2.77. The van der Waals surface area contributed by atoms with E-state index in [9.17, 15) is 9.18 Å². The zero-order chi connectivity index (χ0) is 14.7. The first kappa shape index (κ1) is 14.0. The molecule has 1 aromatic heterocycles. The van der Waals surface area contributed by atoms with Crippen molar-refractivity contribution in [1.29, 1.82) is 0 Å². The van der Waals surface area contributed by atoms with E-state index in [1.54, 1.807) is 4.68 Å². The maximum atomic E-state index is 13.1. The molecule has 0 amide bonds. The molecular weight excluding hydrogens is 261 g/mol. The zero-order valence-corrected chi connectivity index (χ0v) is 11.4. The zero-order valence-electron chi connectivity index (χ0n) is 11.4. The van der Waals surface area contributed by atoms with E-state index in [2.05, 4.69) is 10.4 Å². The minimum atomic E-state index is -1.16. The Bertz CT molecular complexity index is 637. The van der Waals surface area contributed by atoms with Gasteiger partial charge in [-0.15, -0.1) is 0 Å². The van der Waals surface area contributed by atoms with Gasteiger partial charge in [0.05, 0.1) is 11.3 Å². The van der Waals surface area contributed by atoms with Crippen LogP contribution in [0.25, 0.3) is 0 Å². The summed E-state index contributed by atoms with van der Waals surface area (Å²) in [6.45, 7) is 2.45. The molecule has 106 valence electrons. The highest BCUT2D eigenvalue weighted by atomic mass is 19.1. The van der Waals surface area contributed by atoms with Crippen molar-refractivity contribution in [3.63, 3.8) is 0 Å². The molecule has 2 aromatic rings. The fraction of sp³-hybridized carbons (Fsp3) is 0.286. The van der Waals surface area contributed by atoms with Crippen molar-refractivity contribution in [3.8, 4) is 0 Å². The summed E-state index contributed by atoms with van der Waals surface area (Å²) < 4.78 is 14.8. The molecule has 0 spiro atoms. The highest BCUT2D eigenvalue weighted by Crippen LogP contribution is 2.19. The molecule has 0 radical (unpaired) electrons. The first-order valence-electron chi connectivity index (χ1n) is 6.29. The number of nitrogens with one attached hydrogen (secondary N) is 1.